The van der Waals surface area contributed by atoms with E-state index < -0.39 is 0 Å². The molecule has 5 nitrogen and oxygen atoms in total. The molecule has 4 rings (SSSR count). The first kappa shape index (κ1) is 13.9. The smallest absolute Gasteiger partial charge is 0.234 e. The summed E-state index contributed by atoms with van der Waals surface area (Å²) in [4.78, 5) is 0.791. The molecule has 6 heteroatoms. The molecule has 0 radical (unpaired) electrons. The van der Waals surface area contributed by atoms with Crippen molar-refractivity contribution in [2.45, 2.75) is 13.5 Å². The number of aromatic nitrogens is 4. The van der Waals surface area contributed by atoms with E-state index in [1.54, 1.807) is 10.8 Å². The van der Waals surface area contributed by atoms with Gasteiger partial charge < -0.3 is 4.74 Å². The lowest BCUT2D eigenvalue weighted by Gasteiger charge is -2.07. The monoisotopic (exact) mass is 322 g/mol. The van der Waals surface area contributed by atoms with Crippen molar-refractivity contribution in [2.75, 3.05) is 0 Å². The van der Waals surface area contributed by atoms with Crippen LogP contribution in [0.4, 0.5) is 0 Å². The van der Waals surface area contributed by atoms with Gasteiger partial charge in [0.05, 0.1) is 0 Å². The van der Waals surface area contributed by atoms with Crippen LogP contribution in [0.25, 0.3) is 15.5 Å². The molecule has 4 aromatic rings. The number of benzene rings is 2. The molecule has 0 unspecified atom stereocenters. The zero-order valence-corrected chi connectivity index (χ0v) is 13.3. The summed E-state index contributed by atoms with van der Waals surface area (Å²) in [6.45, 7) is 2.64. The predicted molar refractivity (Wildman–Crippen MR) is 89.6 cm³/mol. The number of aryl methyl sites for hydroxylation is 1. The van der Waals surface area contributed by atoms with E-state index >= 15 is 0 Å². The Labute approximate surface area is 137 Å². The van der Waals surface area contributed by atoms with Gasteiger partial charge in [-0.1, -0.05) is 41.2 Å². The third-order valence-electron chi connectivity index (χ3n) is 3.51. The third-order valence-corrected chi connectivity index (χ3v) is 4.48. The lowest BCUT2D eigenvalue weighted by Crippen LogP contribution is -1.95. The number of ether oxygens (including phenoxy) is 1. The summed E-state index contributed by atoms with van der Waals surface area (Å²) in [6, 6.07) is 16.3. The van der Waals surface area contributed by atoms with Crippen LogP contribution in [0.5, 0.6) is 5.75 Å². The van der Waals surface area contributed by atoms with Crippen LogP contribution in [0.3, 0.4) is 0 Å². The highest BCUT2D eigenvalue weighted by molar-refractivity contribution is 7.19. The van der Waals surface area contributed by atoms with E-state index in [2.05, 4.69) is 46.5 Å². The molecule has 2 heterocycles. The molecule has 0 spiro atoms. The van der Waals surface area contributed by atoms with E-state index in [-0.39, 0.29) is 0 Å². The second-order valence-electron chi connectivity index (χ2n) is 5.26. The SMILES string of the molecule is Cc1ccc(COc2ccc(-c3nn4cnnc4s3)cc2)cc1. The van der Waals surface area contributed by atoms with Gasteiger partial charge in [-0.15, -0.1) is 10.2 Å². The first-order chi connectivity index (χ1) is 11.3. The lowest BCUT2D eigenvalue weighted by molar-refractivity contribution is 0.306. The van der Waals surface area contributed by atoms with Crippen molar-refractivity contribution in [3.05, 3.63) is 66.0 Å². The first-order valence-corrected chi connectivity index (χ1v) is 8.05. The maximum Gasteiger partial charge on any atom is 0.234 e. The molecule has 0 atom stereocenters. The molecule has 0 bridgehead atoms. The van der Waals surface area contributed by atoms with Crippen molar-refractivity contribution in [2.24, 2.45) is 0 Å². The Morgan fingerprint density at radius 1 is 1.04 bits per heavy atom. The van der Waals surface area contributed by atoms with Crippen LogP contribution < -0.4 is 4.74 Å². The second-order valence-corrected chi connectivity index (χ2v) is 6.22. The van der Waals surface area contributed by atoms with Gasteiger partial charge in [-0.25, -0.2) is 0 Å². The van der Waals surface area contributed by atoms with Crippen molar-refractivity contribution < 1.29 is 4.74 Å². The van der Waals surface area contributed by atoms with Crippen LogP contribution in [0, 0.1) is 6.92 Å². The topological polar surface area (TPSA) is 52.3 Å². The fraction of sp³-hybridized carbons (Fsp3) is 0.118. The summed E-state index contributed by atoms with van der Waals surface area (Å²) in [5.74, 6) is 0.845. The summed E-state index contributed by atoms with van der Waals surface area (Å²) in [5, 5.41) is 13.2. The average molecular weight is 322 g/mol. The molecule has 0 saturated carbocycles. The minimum absolute atomic E-state index is 0.566. The number of fused-ring (bicyclic) bond motifs is 1. The van der Waals surface area contributed by atoms with Crippen LogP contribution in [-0.4, -0.2) is 19.8 Å². The fourth-order valence-corrected chi connectivity index (χ4v) is 3.05. The molecular formula is C17H14N4OS. The molecular weight excluding hydrogens is 308 g/mol. The Morgan fingerprint density at radius 3 is 2.57 bits per heavy atom. The molecule has 0 N–H and O–H groups in total. The van der Waals surface area contributed by atoms with Gasteiger partial charge in [0.25, 0.3) is 0 Å². The molecule has 0 saturated heterocycles. The largest absolute Gasteiger partial charge is 0.489 e. The van der Waals surface area contributed by atoms with E-state index in [4.69, 9.17) is 4.74 Å². The Kier molecular flexibility index (Phi) is 3.51. The first-order valence-electron chi connectivity index (χ1n) is 7.23. The van der Waals surface area contributed by atoms with Crippen molar-refractivity contribution in [3.63, 3.8) is 0 Å². The molecule has 2 aromatic carbocycles. The van der Waals surface area contributed by atoms with E-state index in [9.17, 15) is 0 Å². The summed E-state index contributed by atoms with van der Waals surface area (Å²) in [7, 11) is 0. The zero-order chi connectivity index (χ0) is 15.6. The number of nitrogens with zero attached hydrogens (tertiary/aromatic N) is 4. The highest BCUT2D eigenvalue weighted by Gasteiger charge is 2.07. The zero-order valence-electron chi connectivity index (χ0n) is 12.5. The van der Waals surface area contributed by atoms with E-state index in [1.165, 1.54) is 16.9 Å². The van der Waals surface area contributed by atoms with Gasteiger partial charge >= 0.3 is 0 Å². The number of hydrogen-bond donors (Lipinski definition) is 0. The summed E-state index contributed by atoms with van der Waals surface area (Å²) < 4.78 is 7.50. The summed E-state index contributed by atoms with van der Waals surface area (Å²) in [6.07, 6.45) is 1.61. The minimum Gasteiger partial charge on any atom is -0.489 e. The van der Waals surface area contributed by atoms with Crippen LogP contribution in [0.15, 0.2) is 54.9 Å². The van der Waals surface area contributed by atoms with Crippen molar-refractivity contribution in [3.8, 4) is 16.3 Å². The standard InChI is InChI=1S/C17H14N4OS/c1-12-2-4-13(5-3-12)10-22-15-8-6-14(7-9-15)16-20-21-11-18-19-17(21)23-16/h2-9,11H,10H2,1H3. The predicted octanol–water partition coefficient (Wildman–Crippen LogP) is 3.74. The Balaban J connectivity index is 1.47. The lowest BCUT2D eigenvalue weighted by atomic mass is 10.2. The molecule has 0 aliphatic heterocycles. The fourth-order valence-electron chi connectivity index (χ4n) is 2.22. The van der Waals surface area contributed by atoms with Gasteiger partial charge in [-0.3, -0.25) is 0 Å². The molecule has 0 aliphatic carbocycles. The molecule has 2 aromatic heterocycles. The Morgan fingerprint density at radius 2 is 1.83 bits per heavy atom. The van der Waals surface area contributed by atoms with E-state index in [1.807, 2.05) is 24.3 Å². The Bertz CT molecular complexity index is 897. The van der Waals surface area contributed by atoms with Crippen molar-refractivity contribution >= 4 is 16.3 Å². The van der Waals surface area contributed by atoms with Crippen LogP contribution in [0.2, 0.25) is 0 Å². The maximum absolute atomic E-state index is 5.82. The van der Waals surface area contributed by atoms with E-state index in [0.29, 0.717) is 6.61 Å². The molecule has 23 heavy (non-hydrogen) atoms. The van der Waals surface area contributed by atoms with Crippen LogP contribution in [0.1, 0.15) is 11.1 Å². The number of rotatable bonds is 4. The van der Waals surface area contributed by atoms with Crippen molar-refractivity contribution in [1.82, 2.24) is 19.8 Å². The average Bonchev–Trinajstić information content (AvgIpc) is 3.16. The van der Waals surface area contributed by atoms with Crippen molar-refractivity contribution in [1.29, 1.82) is 0 Å². The molecule has 0 aliphatic rings. The van der Waals surface area contributed by atoms with Gasteiger partial charge in [0.1, 0.15) is 23.7 Å². The van der Waals surface area contributed by atoms with Gasteiger partial charge in [0.15, 0.2) is 0 Å². The number of hydrogen-bond acceptors (Lipinski definition) is 5. The Hall–Kier alpha value is -2.73. The van der Waals surface area contributed by atoms with Gasteiger partial charge in [-0.05, 0) is 36.8 Å². The van der Waals surface area contributed by atoms with Crippen LogP contribution in [-0.2, 0) is 6.61 Å². The minimum atomic E-state index is 0.566. The normalized spacial score (nSPS) is 11.0. The quantitative estimate of drug-likeness (QED) is 0.574. The van der Waals surface area contributed by atoms with Gasteiger partial charge in [0, 0.05) is 5.56 Å². The van der Waals surface area contributed by atoms with Gasteiger partial charge in [-0.2, -0.15) is 9.61 Å². The van der Waals surface area contributed by atoms with E-state index in [0.717, 1.165) is 26.8 Å². The molecule has 0 fully saturated rings. The highest BCUT2D eigenvalue weighted by Crippen LogP contribution is 2.26. The second kappa shape index (κ2) is 5.81. The third kappa shape index (κ3) is 2.93. The summed E-state index contributed by atoms with van der Waals surface area (Å²) in [5.41, 5.74) is 3.46. The highest BCUT2D eigenvalue weighted by atomic mass is 32.1. The van der Waals surface area contributed by atoms with Crippen LogP contribution >= 0.6 is 11.3 Å². The molecule has 114 valence electrons. The molecule has 0 amide bonds. The maximum atomic E-state index is 5.82. The van der Waals surface area contributed by atoms with Gasteiger partial charge in [0.2, 0.25) is 4.96 Å². The summed E-state index contributed by atoms with van der Waals surface area (Å²) >= 11 is 1.51.